The topological polar surface area (TPSA) is 129 Å². The Balaban J connectivity index is 0.000000616. The summed E-state index contributed by atoms with van der Waals surface area (Å²) < 4.78 is 31.7. The second-order valence-corrected chi connectivity index (χ2v) is 10.5. The van der Waals surface area contributed by atoms with Crippen molar-refractivity contribution in [1.29, 1.82) is 0 Å². The highest BCUT2D eigenvalue weighted by atomic mass is 35.5. The first kappa shape index (κ1) is 32.5. The number of nitrogens with zero attached hydrogens (tertiary/aromatic N) is 2. The van der Waals surface area contributed by atoms with Crippen LogP contribution in [0.25, 0.3) is 0 Å². The fourth-order valence-corrected chi connectivity index (χ4v) is 5.09. The number of carbonyl (C=O) groups excluding carboxylic acids is 3. The quantitative estimate of drug-likeness (QED) is 0.329. The monoisotopic (exact) mass is 624 g/mol. The minimum atomic E-state index is -5.08. The molecule has 2 atom stereocenters. The van der Waals surface area contributed by atoms with Crippen molar-refractivity contribution in [3.05, 3.63) is 87.3 Å². The maximum absolute atomic E-state index is 13.6. The van der Waals surface area contributed by atoms with Gasteiger partial charge in [-0.05, 0) is 54.0 Å². The van der Waals surface area contributed by atoms with Gasteiger partial charge in [0.1, 0.15) is 12.1 Å². The van der Waals surface area contributed by atoms with Gasteiger partial charge in [-0.1, -0.05) is 41.9 Å². The molecule has 2 aromatic heterocycles. The second kappa shape index (κ2) is 15.3. The number of halogens is 4. The van der Waals surface area contributed by atoms with Gasteiger partial charge in [-0.25, -0.2) is 4.79 Å². The first-order valence-corrected chi connectivity index (χ1v) is 14.1. The molecule has 9 nitrogen and oxygen atoms in total. The number of hydrogen-bond donors (Lipinski definition) is 3. The van der Waals surface area contributed by atoms with E-state index in [4.69, 9.17) is 21.5 Å². The average Bonchev–Trinajstić information content (AvgIpc) is 3.67. The van der Waals surface area contributed by atoms with Crippen LogP contribution in [0.2, 0.25) is 5.02 Å². The molecule has 42 heavy (non-hydrogen) atoms. The number of hydrogen-bond acceptors (Lipinski definition) is 6. The number of amides is 3. The Morgan fingerprint density at radius 3 is 2.48 bits per heavy atom. The highest BCUT2D eigenvalue weighted by molar-refractivity contribution is 7.12. The van der Waals surface area contributed by atoms with Crippen LogP contribution in [0.4, 0.5) is 13.2 Å². The van der Waals surface area contributed by atoms with Gasteiger partial charge in [-0.15, -0.1) is 11.3 Å². The van der Waals surface area contributed by atoms with Crippen molar-refractivity contribution >= 4 is 46.6 Å². The first-order chi connectivity index (χ1) is 20.0. The summed E-state index contributed by atoms with van der Waals surface area (Å²) in [7, 11) is 0. The zero-order valence-corrected chi connectivity index (χ0v) is 23.7. The van der Waals surface area contributed by atoms with Gasteiger partial charge in [0.2, 0.25) is 11.8 Å². The predicted octanol–water partition coefficient (Wildman–Crippen LogP) is 4.12. The van der Waals surface area contributed by atoms with Gasteiger partial charge in [-0.2, -0.15) is 13.2 Å². The minimum absolute atomic E-state index is 0.187. The van der Waals surface area contributed by atoms with Crippen LogP contribution in [0.3, 0.4) is 0 Å². The SMILES string of the molecule is O=C(N[C@@H](Cc1cccnc1)C(=O)N1CCC[C@H]1C(=O)NCCc1ccccc1Cl)c1cccs1.O=C(O)C(F)(F)F. The number of nitrogens with one attached hydrogen (secondary N) is 2. The number of aromatic nitrogens is 1. The Hall–Kier alpha value is -3.97. The number of carboxylic acid groups (broad SMARTS) is 1. The number of carbonyl (C=O) groups is 4. The van der Waals surface area contributed by atoms with Gasteiger partial charge in [0, 0.05) is 36.9 Å². The number of carboxylic acids is 1. The number of likely N-dealkylation sites (tertiary alicyclic amines) is 1. The summed E-state index contributed by atoms with van der Waals surface area (Å²) in [5.74, 6) is -3.51. The summed E-state index contributed by atoms with van der Waals surface area (Å²) in [6.45, 7) is 0.898. The largest absolute Gasteiger partial charge is 0.490 e. The van der Waals surface area contributed by atoms with E-state index < -0.39 is 24.2 Å². The van der Waals surface area contributed by atoms with Crippen LogP contribution in [-0.2, 0) is 27.2 Å². The van der Waals surface area contributed by atoms with Crippen LogP contribution in [0, 0.1) is 0 Å². The van der Waals surface area contributed by atoms with Crippen LogP contribution < -0.4 is 10.6 Å². The molecule has 0 spiro atoms. The van der Waals surface area contributed by atoms with Gasteiger partial charge in [0.05, 0.1) is 4.88 Å². The normalized spacial score (nSPS) is 15.2. The van der Waals surface area contributed by atoms with Crippen LogP contribution in [0.5, 0.6) is 0 Å². The summed E-state index contributed by atoms with van der Waals surface area (Å²) in [5, 5.41) is 15.4. The Bertz CT molecular complexity index is 1360. The maximum atomic E-state index is 13.6. The van der Waals surface area contributed by atoms with Crippen molar-refractivity contribution in [3.8, 4) is 0 Å². The fraction of sp³-hybridized carbons (Fsp3) is 0.321. The lowest BCUT2D eigenvalue weighted by molar-refractivity contribution is -0.192. The highest BCUT2D eigenvalue weighted by Gasteiger charge is 2.39. The Morgan fingerprint density at radius 2 is 1.86 bits per heavy atom. The van der Waals surface area contributed by atoms with Crippen molar-refractivity contribution in [1.82, 2.24) is 20.5 Å². The molecule has 1 saturated heterocycles. The molecule has 4 rings (SSSR count). The highest BCUT2D eigenvalue weighted by Crippen LogP contribution is 2.21. The molecule has 1 fully saturated rings. The van der Waals surface area contributed by atoms with E-state index in [1.165, 1.54) is 11.3 Å². The molecule has 1 aliphatic heterocycles. The summed E-state index contributed by atoms with van der Waals surface area (Å²) in [6.07, 6.45) is 0.469. The molecule has 3 heterocycles. The molecule has 0 aliphatic carbocycles. The molecule has 3 N–H and O–H groups in total. The first-order valence-electron chi connectivity index (χ1n) is 12.8. The predicted molar refractivity (Wildman–Crippen MR) is 150 cm³/mol. The molecule has 3 amide bonds. The lowest BCUT2D eigenvalue weighted by Gasteiger charge is -2.28. The molecule has 0 unspecified atom stereocenters. The van der Waals surface area contributed by atoms with Crippen molar-refractivity contribution in [2.24, 2.45) is 0 Å². The van der Waals surface area contributed by atoms with Crippen LogP contribution in [0.1, 0.15) is 33.6 Å². The summed E-state index contributed by atoms with van der Waals surface area (Å²) in [4.78, 5) is 54.5. The zero-order valence-electron chi connectivity index (χ0n) is 22.1. The number of aliphatic carboxylic acids is 1. The third kappa shape index (κ3) is 9.55. The van der Waals surface area contributed by atoms with Gasteiger partial charge in [0.15, 0.2) is 0 Å². The fourth-order valence-electron chi connectivity index (χ4n) is 4.23. The zero-order chi connectivity index (χ0) is 30.7. The van der Waals surface area contributed by atoms with E-state index in [1.54, 1.807) is 35.5 Å². The number of benzene rings is 1. The van der Waals surface area contributed by atoms with E-state index in [2.05, 4.69) is 15.6 Å². The van der Waals surface area contributed by atoms with Gasteiger partial charge < -0.3 is 20.6 Å². The van der Waals surface area contributed by atoms with Gasteiger partial charge in [0.25, 0.3) is 5.91 Å². The van der Waals surface area contributed by atoms with Crippen LogP contribution >= 0.6 is 22.9 Å². The summed E-state index contributed by atoms with van der Waals surface area (Å²) in [6, 6.07) is 13.3. The number of pyridine rings is 1. The molecule has 0 bridgehead atoms. The molecular formula is C28H28ClF3N4O5S. The lowest BCUT2D eigenvalue weighted by atomic mass is 10.1. The number of alkyl halides is 3. The molecule has 0 saturated carbocycles. The summed E-state index contributed by atoms with van der Waals surface area (Å²) >= 11 is 7.52. The van der Waals surface area contributed by atoms with Gasteiger partial charge >= 0.3 is 12.1 Å². The number of thiophene rings is 1. The Kier molecular flexibility index (Phi) is 11.9. The summed E-state index contributed by atoms with van der Waals surface area (Å²) in [5.41, 5.74) is 1.79. The molecule has 3 aromatic rings. The van der Waals surface area contributed by atoms with Crippen molar-refractivity contribution in [3.63, 3.8) is 0 Å². The Labute approximate surface area is 248 Å². The molecule has 14 heteroatoms. The Morgan fingerprint density at radius 1 is 1.12 bits per heavy atom. The van der Waals surface area contributed by atoms with E-state index in [1.807, 2.05) is 35.7 Å². The lowest BCUT2D eigenvalue weighted by Crippen LogP contribution is -2.54. The van der Waals surface area contributed by atoms with E-state index in [9.17, 15) is 27.6 Å². The van der Waals surface area contributed by atoms with E-state index in [-0.39, 0.29) is 17.7 Å². The minimum Gasteiger partial charge on any atom is -0.475 e. The second-order valence-electron chi connectivity index (χ2n) is 9.19. The average molecular weight is 625 g/mol. The van der Waals surface area contributed by atoms with Gasteiger partial charge in [-0.3, -0.25) is 19.4 Å². The van der Waals surface area contributed by atoms with Crippen molar-refractivity contribution in [2.45, 2.75) is 43.9 Å². The van der Waals surface area contributed by atoms with Crippen molar-refractivity contribution < 1.29 is 37.5 Å². The molecule has 1 aliphatic rings. The number of rotatable bonds is 9. The molecular weight excluding hydrogens is 597 g/mol. The third-order valence-corrected chi connectivity index (χ3v) is 7.48. The van der Waals surface area contributed by atoms with E-state index in [0.717, 1.165) is 17.5 Å². The third-order valence-electron chi connectivity index (χ3n) is 6.24. The molecule has 0 radical (unpaired) electrons. The standard InChI is InChI=1S/C26H27ClN4O3S.C2HF3O2/c27-20-8-2-1-7-19(20)11-13-29-24(32)22-9-4-14-31(22)26(34)21(16-18-6-3-12-28-17-18)30-25(33)23-10-5-15-35-23;3-2(4,5)1(6)7/h1-3,5-8,10,12,15,17,21-22H,4,9,11,13-14,16H2,(H,29,32)(H,30,33);(H,6,7)/t21-,22-;/m0./s1. The van der Waals surface area contributed by atoms with Crippen molar-refractivity contribution in [2.75, 3.05) is 13.1 Å². The van der Waals surface area contributed by atoms with Crippen LogP contribution in [-0.4, -0.2) is 70.0 Å². The van der Waals surface area contributed by atoms with E-state index in [0.29, 0.717) is 42.3 Å². The smallest absolute Gasteiger partial charge is 0.475 e. The van der Waals surface area contributed by atoms with E-state index >= 15 is 0 Å². The molecule has 1 aromatic carbocycles. The maximum Gasteiger partial charge on any atom is 0.490 e. The molecule has 224 valence electrons. The van der Waals surface area contributed by atoms with Crippen LogP contribution in [0.15, 0.2) is 66.3 Å².